The fourth-order valence-electron chi connectivity index (χ4n) is 1.98. The van der Waals surface area contributed by atoms with Gasteiger partial charge in [-0.1, -0.05) is 0 Å². The zero-order valence-electron chi connectivity index (χ0n) is 11.1. The molecule has 4 nitrogen and oxygen atoms in total. The van der Waals surface area contributed by atoms with Crippen LogP contribution in [0.1, 0.15) is 16.1 Å². The molecule has 0 saturated carbocycles. The zero-order valence-corrected chi connectivity index (χ0v) is 11.9. The van der Waals surface area contributed by atoms with E-state index in [9.17, 15) is 9.18 Å². The Bertz CT molecular complexity index is 823. The van der Waals surface area contributed by atoms with Gasteiger partial charge in [0.05, 0.1) is 5.69 Å². The molecule has 2 heterocycles. The van der Waals surface area contributed by atoms with Gasteiger partial charge in [0.2, 0.25) is 0 Å². The number of carboxylic acid groups (broad SMARTS) is 1. The SMILES string of the molecule is Cc1cc(-c2nc(-c3c[nH]c(C(=O)O)c3)cs2)ccc1F. The Balaban J connectivity index is 1.95. The average Bonchev–Trinajstić information content (AvgIpc) is 3.09. The Morgan fingerprint density at radius 3 is 2.81 bits per heavy atom. The van der Waals surface area contributed by atoms with Gasteiger partial charge in [-0.2, -0.15) is 0 Å². The largest absolute Gasteiger partial charge is 0.477 e. The van der Waals surface area contributed by atoms with Crippen molar-refractivity contribution in [1.82, 2.24) is 9.97 Å². The minimum atomic E-state index is -1.01. The zero-order chi connectivity index (χ0) is 15.0. The summed E-state index contributed by atoms with van der Waals surface area (Å²) in [5.74, 6) is -1.25. The highest BCUT2D eigenvalue weighted by atomic mass is 32.1. The van der Waals surface area contributed by atoms with Crippen molar-refractivity contribution >= 4 is 17.3 Å². The molecule has 0 atom stereocenters. The molecule has 21 heavy (non-hydrogen) atoms. The van der Waals surface area contributed by atoms with Gasteiger partial charge in [0.25, 0.3) is 0 Å². The number of rotatable bonds is 3. The third-order valence-corrected chi connectivity index (χ3v) is 4.01. The number of hydrogen-bond acceptors (Lipinski definition) is 3. The number of aromatic carboxylic acids is 1. The predicted molar refractivity (Wildman–Crippen MR) is 79.0 cm³/mol. The number of benzene rings is 1. The van der Waals surface area contributed by atoms with Crippen LogP contribution in [-0.4, -0.2) is 21.0 Å². The van der Waals surface area contributed by atoms with E-state index in [0.717, 1.165) is 10.6 Å². The van der Waals surface area contributed by atoms with E-state index in [1.54, 1.807) is 25.3 Å². The highest BCUT2D eigenvalue weighted by Crippen LogP contribution is 2.30. The molecular weight excluding hydrogens is 291 g/mol. The van der Waals surface area contributed by atoms with Crippen LogP contribution in [0.25, 0.3) is 21.8 Å². The van der Waals surface area contributed by atoms with Crippen LogP contribution in [-0.2, 0) is 0 Å². The van der Waals surface area contributed by atoms with Crippen molar-refractivity contribution < 1.29 is 14.3 Å². The molecule has 0 aliphatic heterocycles. The third-order valence-electron chi connectivity index (χ3n) is 3.12. The van der Waals surface area contributed by atoms with E-state index in [0.29, 0.717) is 16.8 Å². The molecule has 0 bridgehead atoms. The lowest BCUT2D eigenvalue weighted by atomic mass is 10.1. The molecule has 3 rings (SSSR count). The van der Waals surface area contributed by atoms with Gasteiger partial charge in [0.1, 0.15) is 16.5 Å². The van der Waals surface area contributed by atoms with E-state index in [-0.39, 0.29) is 11.5 Å². The van der Waals surface area contributed by atoms with E-state index in [2.05, 4.69) is 9.97 Å². The molecule has 0 aliphatic carbocycles. The number of thiazole rings is 1. The van der Waals surface area contributed by atoms with Gasteiger partial charge in [0, 0.05) is 22.7 Å². The second-order valence-electron chi connectivity index (χ2n) is 4.61. The lowest BCUT2D eigenvalue weighted by Gasteiger charge is -1.99. The van der Waals surface area contributed by atoms with E-state index in [1.807, 2.05) is 5.38 Å². The summed E-state index contributed by atoms with van der Waals surface area (Å²) >= 11 is 1.43. The minimum Gasteiger partial charge on any atom is -0.477 e. The summed E-state index contributed by atoms with van der Waals surface area (Å²) in [6.45, 7) is 1.71. The van der Waals surface area contributed by atoms with Crippen LogP contribution in [0.4, 0.5) is 4.39 Å². The molecule has 1 aromatic carbocycles. The van der Waals surface area contributed by atoms with Crippen LogP contribution in [0, 0.1) is 12.7 Å². The predicted octanol–water partition coefficient (Wildman–Crippen LogP) is 3.95. The Labute approximate surface area is 123 Å². The molecule has 0 unspecified atom stereocenters. The number of hydrogen-bond donors (Lipinski definition) is 2. The fraction of sp³-hybridized carbons (Fsp3) is 0.0667. The second kappa shape index (κ2) is 5.14. The standard InChI is InChI=1S/C15H11FN2O2S/c1-8-4-9(2-3-11(8)16)14-18-13(7-21-14)10-5-12(15(19)20)17-6-10/h2-7,17H,1H3,(H,19,20). The molecule has 0 saturated heterocycles. The first-order chi connectivity index (χ1) is 10.0. The van der Waals surface area contributed by atoms with Crippen molar-refractivity contribution in [3.05, 3.63) is 52.9 Å². The molecule has 0 amide bonds. The van der Waals surface area contributed by atoms with Crippen molar-refractivity contribution in [3.63, 3.8) is 0 Å². The van der Waals surface area contributed by atoms with Crippen LogP contribution in [0.3, 0.4) is 0 Å². The molecule has 0 spiro atoms. The molecule has 2 aromatic heterocycles. The quantitative estimate of drug-likeness (QED) is 0.770. The number of aryl methyl sites for hydroxylation is 1. The lowest BCUT2D eigenvalue weighted by Crippen LogP contribution is -1.94. The second-order valence-corrected chi connectivity index (χ2v) is 5.47. The summed E-state index contributed by atoms with van der Waals surface area (Å²) in [5.41, 5.74) is 2.95. The summed E-state index contributed by atoms with van der Waals surface area (Å²) in [7, 11) is 0. The summed E-state index contributed by atoms with van der Waals surface area (Å²) < 4.78 is 13.3. The topological polar surface area (TPSA) is 66.0 Å². The van der Waals surface area contributed by atoms with Crippen LogP contribution >= 0.6 is 11.3 Å². The number of nitrogens with zero attached hydrogens (tertiary/aromatic N) is 1. The monoisotopic (exact) mass is 302 g/mol. The fourth-order valence-corrected chi connectivity index (χ4v) is 2.81. The van der Waals surface area contributed by atoms with Gasteiger partial charge >= 0.3 is 5.97 Å². The van der Waals surface area contributed by atoms with Gasteiger partial charge in [-0.3, -0.25) is 0 Å². The first kappa shape index (κ1) is 13.5. The van der Waals surface area contributed by atoms with Gasteiger partial charge in [-0.25, -0.2) is 14.2 Å². The van der Waals surface area contributed by atoms with E-state index >= 15 is 0 Å². The van der Waals surface area contributed by atoms with Gasteiger partial charge in [-0.05, 0) is 36.8 Å². The Morgan fingerprint density at radius 2 is 2.14 bits per heavy atom. The van der Waals surface area contributed by atoms with Crippen molar-refractivity contribution in [2.24, 2.45) is 0 Å². The van der Waals surface area contributed by atoms with E-state index in [1.165, 1.54) is 23.5 Å². The maximum absolute atomic E-state index is 13.3. The summed E-state index contributed by atoms with van der Waals surface area (Å²) in [6.07, 6.45) is 1.61. The highest BCUT2D eigenvalue weighted by molar-refractivity contribution is 7.13. The smallest absolute Gasteiger partial charge is 0.352 e. The Kier molecular flexibility index (Phi) is 3.31. The number of H-pyrrole nitrogens is 1. The third kappa shape index (κ3) is 2.57. The molecule has 0 aliphatic rings. The number of carboxylic acids is 1. The van der Waals surface area contributed by atoms with Gasteiger partial charge in [0.15, 0.2) is 0 Å². The van der Waals surface area contributed by atoms with Crippen LogP contribution < -0.4 is 0 Å². The summed E-state index contributed by atoms with van der Waals surface area (Å²) in [4.78, 5) is 18.0. The normalized spacial score (nSPS) is 10.8. The van der Waals surface area contributed by atoms with E-state index < -0.39 is 5.97 Å². The Morgan fingerprint density at radius 1 is 1.33 bits per heavy atom. The molecule has 6 heteroatoms. The van der Waals surface area contributed by atoms with E-state index in [4.69, 9.17) is 5.11 Å². The highest BCUT2D eigenvalue weighted by Gasteiger charge is 2.11. The van der Waals surface area contributed by atoms with Crippen molar-refractivity contribution in [2.45, 2.75) is 6.92 Å². The number of halogens is 1. The maximum atomic E-state index is 13.3. The van der Waals surface area contributed by atoms with Gasteiger partial charge in [-0.15, -0.1) is 11.3 Å². The van der Waals surface area contributed by atoms with Crippen LogP contribution in [0.15, 0.2) is 35.8 Å². The van der Waals surface area contributed by atoms with Crippen LogP contribution in [0.2, 0.25) is 0 Å². The maximum Gasteiger partial charge on any atom is 0.352 e. The molecule has 3 aromatic rings. The first-order valence-electron chi connectivity index (χ1n) is 6.19. The van der Waals surface area contributed by atoms with Gasteiger partial charge < -0.3 is 10.1 Å². The molecule has 0 fully saturated rings. The Hall–Kier alpha value is -2.47. The first-order valence-corrected chi connectivity index (χ1v) is 7.06. The van der Waals surface area contributed by atoms with Crippen molar-refractivity contribution in [2.75, 3.05) is 0 Å². The number of aromatic nitrogens is 2. The molecular formula is C15H11FN2O2S. The number of carbonyl (C=O) groups is 1. The lowest BCUT2D eigenvalue weighted by molar-refractivity contribution is 0.0691. The molecule has 2 N–H and O–H groups in total. The molecule has 106 valence electrons. The summed E-state index contributed by atoms with van der Waals surface area (Å²) in [5, 5.41) is 11.5. The number of aromatic amines is 1. The van der Waals surface area contributed by atoms with Crippen molar-refractivity contribution in [1.29, 1.82) is 0 Å². The molecule has 0 radical (unpaired) electrons. The average molecular weight is 302 g/mol. The van der Waals surface area contributed by atoms with Crippen molar-refractivity contribution in [3.8, 4) is 21.8 Å². The summed E-state index contributed by atoms with van der Waals surface area (Å²) in [6, 6.07) is 6.39. The minimum absolute atomic E-state index is 0.122. The van der Waals surface area contributed by atoms with Crippen LogP contribution in [0.5, 0.6) is 0 Å². The number of nitrogens with one attached hydrogen (secondary N) is 1.